The second-order valence-corrected chi connectivity index (χ2v) is 6.81. The third kappa shape index (κ3) is 4.67. The van der Waals surface area contributed by atoms with Gasteiger partial charge in [-0.05, 0) is 18.8 Å². The molecular formula is C13H26O2. The molecule has 1 atom stereocenters. The van der Waals surface area contributed by atoms with E-state index in [0.717, 1.165) is 6.42 Å². The Bertz CT molecular complexity index is 230. The molecule has 2 heteroatoms. The molecule has 2 nitrogen and oxygen atoms in total. The molecule has 0 radical (unpaired) electrons. The average molecular weight is 214 g/mol. The lowest BCUT2D eigenvalue weighted by Crippen LogP contribution is -2.46. The SMILES string of the molecule is CC(=O)OC(C)(CC(C)(C)C)C(C)(C)C. The maximum atomic E-state index is 11.2. The minimum absolute atomic E-state index is 0.0497. The fraction of sp³-hybridized carbons (Fsp3) is 0.923. The van der Waals surface area contributed by atoms with Gasteiger partial charge in [-0.1, -0.05) is 41.5 Å². The minimum Gasteiger partial charge on any atom is -0.459 e. The molecule has 0 fully saturated rings. The van der Waals surface area contributed by atoms with Gasteiger partial charge in [0.2, 0.25) is 0 Å². The smallest absolute Gasteiger partial charge is 0.303 e. The summed E-state index contributed by atoms with van der Waals surface area (Å²) in [5.41, 5.74) is -0.305. The monoisotopic (exact) mass is 214 g/mol. The predicted molar refractivity (Wildman–Crippen MR) is 63.7 cm³/mol. The molecule has 0 amide bonds. The Balaban J connectivity index is 4.96. The molecule has 0 aliphatic heterocycles. The third-order valence-corrected chi connectivity index (χ3v) is 2.82. The molecule has 0 rings (SSSR count). The second kappa shape index (κ2) is 4.15. The fourth-order valence-corrected chi connectivity index (χ4v) is 1.78. The summed E-state index contributed by atoms with van der Waals surface area (Å²) < 4.78 is 5.54. The fourth-order valence-electron chi connectivity index (χ4n) is 1.78. The van der Waals surface area contributed by atoms with Gasteiger partial charge in [0, 0.05) is 12.3 Å². The summed E-state index contributed by atoms with van der Waals surface area (Å²) in [4.78, 5) is 11.2. The standard InChI is InChI=1S/C13H26O2/c1-10(14)15-13(8,12(5,6)7)9-11(2,3)4/h9H2,1-8H3. The van der Waals surface area contributed by atoms with Crippen LogP contribution in [0.4, 0.5) is 0 Å². The van der Waals surface area contributed by atoms with E-state index >= 15 is 0 Å². The van der Waals surface area contributed by atoms with Crippen LogP contribution in [-0.2, 0) is 9.53 Å². The number of esters is 1. The predicted octanol–water partition coefficient (Wildman–Crippen LogP) is 3.79. The first-order chi connectivity index (χ1) is 6.37. The Hall–Kier alpha value is -0.530. The van der Waals surface area contributed by atoms with Crippen molar-refractivity contribution < 1.29 is 9.53 Å². The van der Waals surface area contributed by atoms with Gasteiger partial charge in [-0.3, -0.25) is 4.79 Å². The van der Waals surface area contributed by atoms with E-state index in [-0.39, 0.29) is 16.8 Å². The van der Waals surface area contributed by atoms with Crippen LogP contribution in [-0.4, -0.2) is 11.6 Å². The maximum absolute atomic E-state index is 11.2. The molecule has 90 valence electrons. The van der Waals surface area contributed by atoms with Crippen LogP contribution in [0.15, 0.2) is 0 Å². The minimum atomic E-state index is -0.406. The molecule has 0 aromatic heterocycles. The Morgan fingerprint density at radius 1 is 1.00 bits per heavy atom. The van der Waals surface area contributed by atoms with Crippen molar-refractivity contribution in [1.29, 1.82) is 0 Å². The van der Waals surface area contributed by atoms with Gasteiger partial charge in [-0.25, -0.2) is 0 Å². The van der Waals surface area contributed by atoms with Gasteiger partial charge in [0.25, 0.3) is 0 Å². The first-order valence-corrected chi connectivity index (χ1v) is 5.57. The number of rotatable bonds is 2. The molecule has 0 spiro atoms. The summed E-state index contributed by atoms with van der Waals surface area (Å²) in [5.74, 6) is -0.198. The topological polar surface area (TPSA) is 26.3 Å². The van der Waals surface area contributed by atoms with Gasteiger partial charge in [-0.2, -0.15) is 0 Å². The van der Waals surface area contributed by atoms with E-state index in [4.69, 9.17) is 4.74 Å². The zero-order valence-electron chi connectivity index (χ0n) is 11.5. The van der Waals surface area contributed by atoms with Crippen LogP contribution in [0.2, 0.25) is 0 Å². The number of ether oxygens (including phenoxy) is 1. The summed E-state index contributed by atoms with van der Waals surface area (Å²) in [6.07, 6.45) is 0.864. The van der Waals surface area contributed by atoms with Crippen LogP contribution in [0, 0.1) is 10.8 Å². The summed E-state index contributed by atoms with van der Waals surface area (Å²) >= 11 is 0. The first kappa shape index (κ1) is 14.5. The molecule has 0 aromatic rings. The highest BCUT2D eigenvalue weighted by Gasteiger charge is 2.43. The van der Waals surface area contributed by atoms with Crippen LogP contribution >= 0.6 is 0 Å². The van der Waals surface area contributed by atoms with Crippen molar-refractivity contribution in [2.45, 2.75) is 67.4 Å². The Morgan fingerprint density at radius 2 is 1.40 bits per heavy atom. The van der Waals surface area contributed by atoms with Gasteiger partial charge >= 0.3 is 5.97 Å². The van der Waals surface area contributed by atoms with Gasteiger partial charge in [0.1, 0.15) is 5.60 Å². The van der Waals surface area contributed by atoms with E-state index in [1.54, 1.807) is 0 Å². The van der Waals surface area contributed by atoms with Crippen molar-refractivity contribution >= 4 is 5.97 Å². The number of carbonyl (C=O) groups is 1. The largest absolute Gasteiger partial charge is 0.459 e. The lowest BCUT2D eigenvalue weighted by molar-refractivity contribution is -0.172. The van der Waals surface area contributed by atoms with E-state index in [1.807, 2.05) is 6.92 Å². The molecule has 0 aliphatic rings. The van der Waals surface area contributed by atoms with E-state index in [9.17, 15) is 4.79 Å². The molecule has 1 unspecified atom stereocenters. The molecular weight excluding hydrogens is 188 g/mol. The van der Waals surface area contributed by atoms with E-state index in [1.165, 1.54) is 6.92 Å². The third-order valence-electron chi connectivity index (χ3n) is 2.82. The number of hydrogen-bond donors (Lipinski definition) is 0. The molecule has 0 aliphatic carbocycles. The number of hydrogen-bond acceptors (Lipinski definition) is 2. The highest BCUT2D eigenvalue weighted by Crippen LogP contribution is 2.42. The summed E-state index contributed by atoms with van der Waals surface area (Å²) in [5, 5.41) is 0. The van der Waals surface area contributed by atoms with Crippen molar-refractivity contribution in [3.63, 3.8) is 0 Å². The molecule has 0 heterocycles. The van der Waals surface area contributed by atoms with Crippen LogP contribution < -0.4 is 0 Å². The summed E-state index contributed by atoms with van der Waals surface area (Å²) in [6.45, 7) is 16.3. The Labute approximate surface area is 94.4 Å². The van der Waals surface area contributed by atoms with Gasteiger partial charge in [0.05, 0.1) is 0 Å². The summed E-state index contributed by atoms with van der Waals surface area (Å²) in [6, 6.07) is 0. The molecule has 0 saturated heterocycles. The van der Waals surface area contributed by atoms with Crippen LogP contribution in [0.5, 0.6) is 0 Å². The van der Waals surface area contributed by atoms with Crippen molar-refractivity contribution in [2.24, 2.45) is 10.8 Å². The molecule has 0 saturated carbocycles. The number of carbonyl (C=O) groups excluding carboxylic acids is 1. The highest BCUT2D eigenvalue weighted by molar-refractivity contribution is 5.66. The zero-order valence-corrected chi connectivity index (χ0v) is 11.5. The van der Waals surface area contributed by atoms with Crippen molar-refractivity contribution in [3.8, 4) is 0 Å². The van der Waals surface area contributed by atoms with Crippen LogP contribution in [0.25, 0.3) is 0 Å². The first-order valence-electron chi connectivity index (χ1n) is 5.57. The van der Waals surface area contributed by atoms with E-state index < -0.39 is 5.60 Å². The van der Waals surface area contributed by atoms with Crippen LogP contribution in [0.1, 0.15) is 61.8 Å². The van der Waals surface area contributed by atoms with Gasteiger partial charge in [-0.15, -0.1) is 0 Å². The lowest BCUT2D eigenvalue weighted by Gasteiger charge is -2.44. The molecule has 0 aromatic carbocycles. The second-order valence-electron chi connectivity index (χ2n) is 6.81. The normalized spacial score (nSPS) is 17.1. The zero-order chi connectivity index (χ0) is 12.5. The van der Waals surface area contributed by atoms with Gasteiger partial charge < -0.3 is 4.74 Å². The van der Waals surface area contributed by atoms with Crippen molar-refractivity contribution in [2.75, 3.05) is 0 Å². The van der Waals surface area contributed by atoms with E-state index in [0.29, 0.717) is 0 Å². The summed E-state index contributed by atoms with van der Waals surface area (Å²) in [7, 11) is 0. The molecule has 0 N–H and O–H groups in total. The highest BCUT2D eigenvalue weighted by atomic mass is 16.6. The van der Waals surface area contributed by atoms with Gasteiger partial charge in [0.15, 0.2) is 0 Å². The molecule has 15 heavy (non-hydrogen) atoms. The van der Waals surface area contributed by atoms with Crippen LogP contribution in [0.3, 0.4) is 0 Å². The Kier molecular flexibility index (Phi) is 4.00. The van der Waals surface area contributed by atoms with Crippen molar-refractivity contribution in [3.05, 3.63) is 0 Å². The Morgan fingerprint density at radius 3 is 1.60 bits per heavy atom. The average Bonchev–Trinajstić information content (AvgIpc) is 1.75. The lowest BCUT2D eigenvalue weighted by atomic mass is 9.69. The molecule has 0 bridgehead atoms. The van der Waals surface area contributed by atoms with Crippen molar-refractivity contribution in [1.82, 2.24) is 0 Å². The maximum Gasteiger partial charge on any atom is 0.303 e. The quantitative estimate of drug-likeness (QED) is 0.654. The van der Waals surface area contributed by atoms with E-state index in [2.05, 4.69) is 41.5 Å².